The minimum Gasteiger partial charge on any atom is -0.394 e. The maximum absolute atomic E-state index is 12.4. The smallest absolute Gasteiger partial charge is 0.362 e. The van der Waals surface area contributed by atoms with Crippen molar-refractivity contribution in [1.29, 1.82) is 0 Å². The van der Waals surface area contributed by atoms with E-state index in [1.54, 1.807) is 0 Å². The van der Waals surface area contributed by atoms with Crippen LogP contribution >= 0.6 is 11.3 Å². The predicted octanol–water partition coefficient (Wildman–Crippen LogP) is -2.08. The molecule has 14 heteroatoms. The number of nitrogen functional groups attached to an aromatic ring is 1. The van der Waals surface area contributed by atoms with Crippen molar-refractivity contribution in [1.82, 2.24) is 14.6 Å². The Morgan fingerprint density at radius 1 is 1.60 bits per heavy atom. The summed E-state index contributed by atoms with van der Waals surface area (Å²) in [5, 5.41) is 7.64. The zero-order valence-electron chi connectivity index (χ0n) is 12.9. The number of hydrogen-bond acceptors (Lipinski definition) is 10. The number of oxime groups is 1. The summed E-state index contributed by atoms with van der Waals surface area (Å²) in [5.74, 6) is -1.79. The third-order valence-corrected chi connectivity index (χ3v) is 4.90. The average molecular weight is 392 g/mol. The van der Waals surface area contributed by atoms with Crippen LogP contribution in [0.15, 0.2) is 10.5 Å². The number of rotatable bonds is 7. The molecule has 138 valence electrons. The van der Waals surface area contributed by atoms with Gasteiger partial charge in [0.2, 0.25) is 0 Å². The third kappa shape index (κ3) is 4.04. The molecule has 12 nitrogen and oxygen atoms in total. The lowest BCUT2D eigenvalue weighted by molar-refractivity contribution is -0.143. The molecule has 1 saturated heterocycles. The molecule has 0 radical (unpaired) electrons. The quantitative estimate of drug-likeness (QED) is 0.133. The van der Waals surface area contributed by atoms with Gasteiger partial charge in [0.15, 0.2) is 10.8 Å². The van der Waals surface area contributed by atoms with E-state index in [9.17, 15) is 18.0 Å². The number of anilines is 1. The summed E-state index contributed by atoms with van der Waals surface area (Å²) >= 11 is 1.07. The first-order chi connectivity index (χ1) is 11.7. The fraction of sp³-hybridized carbons (Fsp3) is 0.455. The summed E-state index contributed by atoms with van der Waals surface area (Å²) in [6.45, 7) is 1.56. The van der Waals surface area contributed by atoms with E-state index >= 15 is 0 Å². The SMILES string of the molecule is C[C@H]1C(NC(=O)/C(=N/OCCN)c2csc(N)n2)C(=O)N1S(=O)(=O)O. The molecule has 1 aliphatic rings. The molecular weight excluding hydrogens is 376 g/mol. The molecule has 0 aliphatic carbocycles. The number of nitrogens with two attached hydrogens (primary N) is 2. The molecule has 1 aliphatic heterocycles. The summed E-state index contributed by atoms with van der Waals surface area (Å²) in [7, 11) is -4.68. The van der Waals surface area contributed by atoms with Crippen LogP contribution in [0.4, 0.5) is 5.13 Å². The van der Waals surface area contributed by atoms with Crippen LogP contribution in [0.25, 0.3) is 0 Å². The van der Waals surface area contributed by atoms with Crippen LogP contribution in [0, 0.1) is 0 Å². The number of carbonyl (C=O) groups excluding carboxylic acids is 2. The Bertz CT molecular complexity index is 806. The summed E-state index contributed by atoms with van der Waals surface area (Å²) in [5.41, 5.74) is 10.7. The van der Waals surface area contributed by atoms with Gasteiger partial charge in [-0.1, -0.05) is 5.16 Å². The topological polar surface area (TPSA) is 190 Å². The number of hydrogen-bond donors (Lipinski definition) is 4. The molecule has 0 spiro atoms. The van der Waals surface area contributed by atoms with Gasteiger partial charge < -0.3 is 21.6 Å². The van der Waals surface area contributed by atoms with Crippen LogP contribution in [0.1, 0.15) is 12.6 Å². The number of thiazole rings is 1. The van der Waals surface area contributed by atoms with Crippen molar-refractivity contribution in [3.63, 3.8) is 0 Å². The van der Waals surface area contributed by atoms with Gasteiger partial charge in [0.25, 0.3) is 11.8 Å². The molecule has 2 heterocycles. The molecule has 1 aromatic rings. The summed E-state index contributed by atoms with van der Waals surface area (Å²) in [6, 6.07) is -2.11. The van der Waals surface area contributed by atoms with Crippen LogP contribution in [-0.4, -0.2) is 65.0 Å². The van der Waals surface area contributed by atoms with Crippen molar-refractivity contribution in [3.8, 4) is 0 Å². The van der Waals surface area contributed by atoms with Crippen molar-refractivity contribution in [3.05, 3.63) is 11.1 Å². The zero-order chi connectivity index (χ0) is 18.8. The van der Waals surface area contributed by atoms with Crippen molar-refractivity contribution < 1.29 is 27.4 Å². The van der Waals surface area contributed by atoms with Gasteiger partial charge in [-0.2, -0.15) is 8.42 Å². The van der Waals surface area contributed by atoms with Gasteiger partial charge in [0, 0.05) is 11.9 Å². The number of β-lactam (4-membered cyclic amide) rings is 1. The van der Waals surface area contributed by atoms with E-state index in [4.69, 9.17) is 20.9 Å². The Labute approximate surface area is 146 Å². The van der Waals surface area contributed by atoms with Crippen molar-refractivity contribution >= 4 is 44.3 Å². The summed E-state index contributed by atoms with van der Waals surface area (Å²) in [6.07, 6.45) is 0. The molecule has 0 aromatic carbocycles. The van der Waals surface area contributed by atoms with Crippen molar-refractivity contribution in [2.24, 2.45) is 10.9 Å². The first-order valence-corrected chi connectivity index (χ1v) is 9.17. The maximum atomic E-state index is 12.4. The molecule has 1 fully saturated rings. The monoisotopic (exact) mass is 392 g/mol. The van der Waals surface area contributed by atoms with E-state index < -0.39 is 34.2 Å². The molecule has 0 bridgehead atoms. The van der Waals surface area contributed by atoms with E-state index in [0.717, 1.165) is 11.3 Å². The van der Waals surface area contributed by atoms with Crippen LogP contribution < -0.4 is 16.8 Å². The van der Waals surface area contributed by atoms with Crippen molar-refractivity contribution in [2.45, 2.75) is 19.0 Å². The normalized spacial score (nSPS) is 21.0. The van der Waals surface area contributed by atoms with Gasteiger partial charge in [-0.05, 0) is 6.92 Å². The highest BCUT2D eigenvalue weighted by Crippen LogP contribution is 2.23. The first kappa shape index (κ1) is 19.0. The highest BCUT2D eigenvalue weighted by molar-refractivity contribution is 7.84. The Morgan fingerprint density at radius 2 is 2.28 bits per heavy atom. The van der Waals surface area contributed by atoms with Crippen LogP contribution in [0.3, 0.4) is 0 Å². The molecule has 2 amide bonds. The van der Waals surface area contributed by atoms with E-state index in [-0.39, 0.29) is 34.0 Å². The van der Waals surface area contributed by atoms with Gasteiger partial charge in [-0.15, -0.1) is 11.3 Å². The number of carbonyl (C=O) groups is 2. The minimum atomic E-state index is -4.68. The van der Waals surface area contributed by atoms with Crippen LogP contribution in [0.5, 0.6) is 0 Å². The van der Waals surface area contributed by atoms with Gasteiger partial charge in [-0.3, -0.25) is 14.1 Å². The van der Waals surface area contributed by atoms with E-state index in [1.807, 2.05) is 0 Å². The van der Waals surface area contributed by atoms with Crippen LogP contribution in [0.2, 0.25) is 0 Å². The third-order valence-electron chi connectivity index (χ3n) is 3.22. The van der Waals surface area contributed by atoms with E-state index in [1.165, 1.54) is 12.3 Å². The number of nitrogens with one attached hydrogen (secondary N) is 1. The molecule has 0 saturated carbocycles. The lowest BCUT2D eigenvalue weighted by atomic mass is 10.0. The second kappa shape index (κ2) is 7.30. The maximum Gasteiger partial charge on any atom is 0.362 e. The van der Waals surface area contributed by atoms with Crippen molar-refractivity contribution in [2.75, 3.05) is 18.9 Å². The molecule has 1 aromatic heterocycles. The number of amides is 2. The van der Waals surface area contributed by atoms with Gasteiger partial charge in [0.05, 0.1) is 6.04 Å². The standard InChI is InChI=1S/C11H16N6O6S2/c1-5-7(10(19)17(5)25(20,21)22)15-9(18)8(16-23-3-2-12)6-4-24-11(13)14-6/h4-5,7H,2-3,12H2,1H3,(H2,13,14)(H,15,18)(H,20,21,22)/b16-8+/t5-,7?/m0/s1. The Kier molecular flexibility index (Phi) is 5.56. The number of nitrogens with zero attached hydrogens (tertiary/aromatic N) is 3. The molecular formula is C11H16N6O6S2. The molecule has 1 unspecified atom stereocenters. The van der Waals surface area contributed by atoms with Gasteiger partial charge in [0.1, 0.15) is 18.3 Å². The summed E-state index contributed by atoms with van der Waals surface area (Å²) < 4.78 is 31.4. The van der Waals surface area contributed by atoms with E-state index in [2.05, 4.69) is 15.5 Å². The fourth-order valence-electron chi connectivity index (χ4n) is 2.08. The van der Waals surface area contributed by atoms with Gasteiger partial charge >= 0.3 is 10.3 Å². The number of aromatic nitrogens is 1. The fourth-order valence-corrected chi connectivity index (χ4v) is 3.51. The summed E-state index contributed by atoms with van der Waals surface area (Å²) in [4.78, 5) is 33.0. The van der Waals surface area contributed by atoms with Gasteiger partial charge in [-0.25, -0.2) is 9.29 Å². The predicted molar refractivity (Wildman–Crippen MR) is 87.9 cm³/mol. The Hall–Kier alpha value is -2.29. The Balaban J connectivity index is 2.16. The van der Waals surface area contributed by atoms with E-state index in [0.29, 0.717) is 0 Å². The zero-order valence-corrected chi connectivity index (χ0v) is 14.6. The lowest BCUT2D eigenvalue weighted by Crippen LogP contribution is -2.71. The van der Waals surface area contributed by atoms with Crippen LogP contribution in [-0.2, 0) is 24.7 Å². The molecule has 25 heavy (non-hydrogen) atoms. The average Bonchev–Trinajstić information content (AvgIpc) is 2.94. The minimum absolute atomic E-state index is 0.0473. The lowest BCUT2D eigenvalue weighted by Gasteiger charge is -2.42. The highest BCUT2D eigenvalue weighted by Gasteiger charge is 2.51. The largest absolute Gasteiger partial charge is 0.394 e. The second-order valence-electron chi connectivity index (χ2n) is 4.94. The molecule has 2 rings (SSSR count). The highest BCUT2D eigenvalue weighted by atomic mass is 32.2. The molecule has 6 N–H and O–H groups in total. The second-order valence-corrected chi connectivity index (χ2v) is 7.12. The first-order valence-electron chi connectivity index (χ1n) is 6.89. The Morgan fingerprint density at radius 3 is 2.76 bits per heavy atom. The molecule has 2 atom stereocenters.